The van der Waals surface area contributed by atoms with E-state index in [2.05, 4.69) is 31.5 Å². The van der Waals surface area contributed by atoms with E-state index in [1.54, 1.807) is 54.2 Å². The summed E-state index contributed by atoms with van der Waals surface area (Å²) >= 11 is 3.29. The van der Waals surface area contributed by atoms with Crippen molar-refractivity contribution in [2.75, 3.05) is 6.54 Å². The molecular formula is C21H26BrN4O4S+. The zero-order chi connectivity index (χ0) is 22.4. The number of aryl methyl sites for hydroxylation is 1. The SMILES string of the molecule is C[n+]1ccccc1C(=O)NNC(=O)C1CCC(CNS(=O)(=O)c2ccc(Br)cc2)CC1. The van der Waals surface area contributed by atoms with Crippen molar-refractivity contribution in [3.8, 4) is 0 Å². The van der Waals surface area contributed by atoms with Crippen molar-refractivity contribution < 1.29 is 22.6 Å². The zero-order valence-electron chi connectivity index (χ0n) is 17.2. The molecule has 8 nitrogen and oxygen atoms in total. The second kappa shape index (κ2) is 10.3. The largest absolute Gasteiger partial charge is 0.334 e. The minimum absolute atomic E-state index is 0.173. The number of rotatable bonds is 6. The Labute approximate surface area is 190 Å². The topological polar surface area (TPSA) is 108 Å². The van der Waals surface area contributed by atoms with Gasteiger partial charge in [0.2, 0.25) is 15.9 Å². The number of sulfonamides is 1. The third-order valence-electron chi connectivity index (χ3n) is 5.49. The summed E-state index contributed by atoms with van der Waals surface area (Å²) in [4.78, 5) is 24.8. The van der Waals surface area contributed by atoms with Crippen molar-refractivity contribution in [1.82, 2.24) is 15.6 Å². The number of nitrogens with one attached hydrogen (secondary N) is 3. The molecule has 1 saturated carbocycles. The first kappa shape index (κ1) is 23.4. The molecule has 3 N–H and O–H groups in total. The molecule has 1 heterocycles. The van der Waals surface area contributed by atoms with Gasteiger partial charge in [-0.2, -0.15) is 4.57 Å². The van der Waals surface area contributed by atoms with Gasteiger partial charge in [-0.25, -0.2) is 13.1 Å². The van der Waals surface area contributed by atoms with Gasteiger partial charge in [-0.1, -0.05) is 15.9 Å². The van der Waals surface area contributed by atoms with Crippen LogP contribution in [0.25, 0.3) is 0 Å². The van der Waals surface area contributed by atoms with Crippen LogP contribution < -0.4 is 20.1 Å². The summed E-state index contributed by atoms with van der Waals surface area (Å²) in [7, 11) is -1.80. The van der Waals surface area contributed by atoms with Gasteiger partial charge >= 0.3 is 5.91 Å². The molecule has 10 heteroatoms. The Hall–Kier alpha value is -2.30. The van der Waals surface area contributed by atoms with Crippen molar-refractivity contribution in [3.05, 3.63) is 58.8 Å². The van der Waals surface area contributed by atoms with E-state index in [1.165, 1.54) is 0 Å². The second-order valence-electron chi connectivity index (χ2n) is 7.66. The van der Waals surface area contributed by atoms with Crippen molar-refractivity contribution in [1.29, 1.82) is 0 Å². The Balaban J connectivity index is 1.43. The molecule has 0 saturated heterocycles. The third kappa shape index (κ3) is 6.34. The summed E-state index contributed by atoms with van der Waals surface area (Å²) in [5, 5.41) is 0. The molecule has 0 bridgehead atoms. The minimum atomic E-state index is -3.55. The van der Waals surface area contributed by atoms with Crippen LogP contribution >= 0.6 is 15.9 Å². The molecule has 0 spiro atoms. The quantitative estimate of drug-likeness (QED) is 0.407. The number of nitrogens with zero attached hydrogens (tertiary/aromatic N) is 1. The first-order valence-electron chi connectivity index (χ1n) is 10.1. The van der Waals surface area contributed by atoms with Crippen molar-refractivity contribution in [2.24, 2.45) is 18.9 Å². The molecule has 1 aliphatic rings. The predicted octanol–water partition coefficient (Wildman–Crippen LogP) is 1.82. The van der Waals surface area contributed by atoms with Gasteiger partial charge in [-0.3, -0.25) is 20.4 Å². The molecular weight excluding hydrogens is 484 g/mol. The third-order valence-corrected chi connectivity index (χ3v) is 7.46. The first-order chi connectivity index (χ1) is 14.8. The van der Waals surface area contributed by atoms with Crippen LogP contribution in [0.15, 0.2) is 58.0 Å². The fourth-order valence-corrected chi connectivity index (χ4v) is 4.98. The lowest BCUT2D eigenvalue weighted by molar-refractivity contribution is -0.673. The van der Waals surface area contributed by atoms with Gasteiger partial charge in [0.15, 0.2) is 6.20 Å². The molecule has 3 rings (SSSR count). The maximum absolute atomic E-state index is 12.4. The molecule has 0 atom stereocenters. The highest BCUT2D eigenvalue weighted by Gasteiger charge is 2.28. The molecule has 2 aromatic rings. The monoisotopic (exact) mass is 509 g/mol. The normalized spacial score (nSPS) is 18.9. The summed E-state index contributed by atoms with van der Waals surface area (Å²) in [5.74, 6) is -0.635. The fraction of sp³-hybridized carbons (Fsp3) is 0.381. The summed E-state index contributed by atoms with van der Waals surface area (Å²) in [6, 6.07) is 11.7. The van der Waals surface area contributed by atoms with Crippen LogP contribution in [0.5, 0.6) is 0 Å². The molecule has 1 aromatic carbocycles. The Morgan fingerprint density at radius 3 is 2.35 bits per heavy atom. The van der Waals surface area contributed by atoms with Gasteiger partial charge in [0, 0.05) is 29.1 Å². The molecule has 2 amide bonds. The number of benzene rings is 1. The van der Waals surface area contributed by atoms with E-state index in [0.29, 0.717) is 25.1 Å². The molecule has 0 unspecified atom stereocenters. The van der Waals surface area contributed by atoms with E-state index < -0.39 is 10.0 Å². The van der Waals surface area contributed by atoms with Gasteiger partial charge < -0.3 is 0 Å². The number of carbonyl (C=O) groups is 2. The van der Waals surface area contributed by atoms with E-state index >= 15 is 0 Å². The molecule has 166 valence electrons. The maximum Gasteiger partial charge on any atom is 0.334 e. The zero-order valence-corrected chi connectivity index (χ0v) is 19.6. The number of hydrogen-bond acceptors (Lipinski definition) is 4. The van der Waals surface area contributed by atoms with Crippen LogP contribution in [0.4, 0.5) is 0 Å². The van der Waals surface area contributed by atoms with Crippen LogP contribution in [-0.4, -0.2) is 26.8 Å². The lowest BCUT2D eigenvalue weighted by Gasteiger charge is -2.27. The van der Waals surface area contributed by atoms with E-state index in [1.807, 2.05) is 6.07 Å². The summed E-state index contributed by atoms with van der Waals surface area (Å²) in [5.41, 5.74) is 5.40. The Bertz CT molecular complexity index is 1040. The number of pyridine rings is 1. The molecule has 1 aromatic heterocycles. The van der Waals surface area contributed by atoms with Crippen LogP contribution in [0.2, 0.25) is 0 Å². The summed E-state index contributed by atoms with van der Waals surface area (Å²) < 4.78 is 30.0. The van der Waals surface area contributed by atoms with Crippen LogP contribution in [0.3, 0.4) is 0 Å². The van der Waals surface area contributed by atoms with Crippen LogP contribution in [-0.2, 0) is 21.9 Å². The highest BCUT2D eigenvalue weighted by atomic mass is 79.9. The maximum atomic E-state index is 12.4. The smallest absolute Gasteiger partial charge is 0.273 e. The average Bonchev–Trinajstić information content (AvgIpc) is 2.77. The number of halogens is 1. The molecule has 1 fully saturated rings. The first-order valence-corrected chi connectivity index (χ1v) is 12.3. The average molecular weight is 510 g/mol. The van der Waals surface area contributed by atoms with E-state index in [0.717, 1.165) is 17.3 Å². The number of aromatic nitrogens is 1. The Morgan fingerprint density at radius 2 is 1.71 bits per heavy atom. The van der Waals surface area contributed by atoms with Gasteiger partial charge in [0.25, 0.3) is 5.69 Å². The fourth-order valence-electron chi connectivity index (χ4n) is 3.60. The predicted molar refractivity (Wildman–Crippen MR) is 118 cm³/mol. The summed E-state index contributed by atoms with van der Waals surface area (Å²) in [6.45, 7) is 0.341. The second-order valence-corrected chi connectivity index (χ2v) is 10.3. The minimum Gasteiger partial charge on any atom is -0.273 e. The van der Waals surface area contributed by atoms with Crippen molar-refractivity contribution in [2.45, 2.75) is 30.6 Å². The molecule has 0 aliphatic heterocycles. The number of hydrogen-bond donors (Lipinski definition) is 3. The molecule has 1 aliphatic carbocycles. The lowest BCUT2D eigenvalue weighted by atomic mass is 9.82. The van der Waals surface area contributed by atoms with Crippen molar-refractivity contribution >= 4 is 37.8 Å². The van der Waals surface area contributed by atoms with Crippen molar-refractivity contribution in [3.63, 3.8) is 0 Å². The lowest BCUT2D eigenvalue weighted by Crippen LogP contribution is -2.49. The van der Waals surface area contributed by atoms with Crippen LogP contribution in [0, 0.1) is 11.8 Å². The number of amides is 2. The summed E-state index contributed by atoms with van der Waals surface area (Å²) in [6.07, 6.45) is 4.52. The van der Waals surface area contributed by atoms with E-state index in [9.17, 15) is 18.0 Å². The van der Waals surface area contributed by atoms with Crippen LogP contribution in [0.1, 0.15) is 36.2 Å². The standard InChI is InChI=1S/C21H25BrN4O4S/c1-26-13-3-2-4-19(26)21(28)25-24-20(27)16-7-5-15(6-8-16)14-23-31(29,30)18-11-9-17(22)10-12-18/h2-4,9-13,15-16,23,28H,5-8,14H2,1H3/p+1. The molecule has 31 heavy (non-hydrogen) atoms. The van der Waals surface area contributed by atoms with Gasteiger partial charge in [0.1, 0.15) is 7.05 Å². The van der Waals surface area contributed by atoms with Gasteiger partial charge in [-0.15, -0.1) is 0 Å². The highest BCUT2D eigenvalue weighted by molar-refractivity contribution is 9.10. The van der Waals surface area contributed by atoms with E-state index in [-0.39, 0.29) is 28.5 Å². The Morgan fingerprint density at radius 1 is 1.03 bits per heavy atom. The molecule has 0 radical (unpaired) electrons. The van der Waals surface area contributed by atoms with E-state index in [4.69, 9.17) is 0 Å². The number of carbonyl (C=O) groups excluding carboxylic acids is 2. The Kier molecular flexibility index (Phi) is 7.79. The highest BCUT2D eigenvalue weighted by Crippen LogP contribution is 2.28. The van der Waals surface area contributed by atoms with Gasteiger partial charge in [-0.05, 0) is 61.9 Å². The number of hydrazine groups is 1. The van der Waals surface area contributed by atoms with Gasteiger partial charge in [0.05, 0.1) is 4.90 Å².